The Hall–Kier alpha value is -1.40. The fraction of sp³-hybridized carbons (Fsp3) is 0.0909. The van der Waals surface area contributed by atoms with E-state index in [9.17, 15) is 4.79 Å². The van der Waals surface area contributed by atoms with E-state index < -0.39 is 5.97 Å². The van der Waals surface area contributed by atoms with E-state index in [2.05, 4.69) is 20.9 Å². The number of nitrogens with zero attached hydrogens (tertiary/aromatic N) is 1. The quantitative estimate of drug-likeness (QED) is 0.941. The molecule has 0 aliphatic rings. The fourth-order valence-electron chi connectivity index (χ4n) is 1.24. The van der Waals surface area contributed by atoms with E-state index in [1.807, 2.05) is 12.1 Å². The highest BCUT2D eigenvalue weighted by atomic mass is 79.9. The summed E-state index contributed by atoms with van der Waals surface area (Å²) in [7, 11) is 0. The molecule has 17 heavy (non-hydrogen) atoms. The number of rotatable bonds is 4. The van der Waals surface area contributed by atoms with E-state index >= 15 is 0 Å². The van der Waals surface area contributed by atoms with Crippen LogP contribution >= 0.6 is 27.3 Å². The molecule has 0 bridgehead atoms. The molecule has 88 valence electrons. The highest BCUT2D eigenvalue weighted by Gasteiger charge is 2.17. The average Bonchev–Trinajstić information content (AvgIpc) is 2.69. The third-order valence-electron chi connectivity index (χ3n) is 2.03. The molecule has 0 unspecified atom stereocenters. The second kappa shape index (κ2) is 5.29. The van der Waals surface area contributed by atoms with Gasteiger partial charge in [-0.25, -0.2) is 4.79 Å². The lowest BCUT2D eigenvalue weighted by atomic mass is 10.3. The van der Waals surface area contributed by atoms with Gasteiger partial charge in [0, 0.05) is 17.8 Å². The van der Waals surface area contributed by atoms with Crippen molar-refractivity contribution >= 4 is 33.2 Å². The lowest BCUT2D eigenvalue weighted by Gasteiger charge is -2.06. The Kier molecular flexibility index (Phi) is 3.75. The molecule has 0 radical (unpaired) electrons. The zero-order chi connectivity index (χ0) is 12.3. The van der Waals surface area contributed by atoms with Crippen LogP contribution in [0.3, 0.4) is 0 Å². The summed E-state index contributed by atoms with van der Waals surface area (Å²) < 4.78 is 6.17. The number of hydrogen-bond donors (Lipinski definition) is 1. The summed E-state index contributed by atoms with van der Waals surface area (Å²) in [6.07, 6.45) is 3.33. The highest BCUT2D eigenvalue weighted by Crippen LogP contribution is 2.35. The number of hydrogen-bond acceptors (Lipinski definition) is 4. The Morgan fingerprint density at radius 2 is 2.18 bits per heavy atom. The van der Waals surface area contributed by atoms with E-state index in [1.165, 1.54) is 0 Å². The van der Waals surface area contributed by atoms with Gasteiger partial charge in [-0.15, -0.1) is 11.3 Å². The van der Waals surface area contributed by atoms with E-state index in [0.29, 0.717) is 16.8 Å². The van der Waals surface area contributed by atoms with Gasteiger partial charge in [0.05, 0.1) is 4.47 Å². The maximum Gasteiger partial charge on any atom is 0.349 e. The standard InChI is InChI=1S/C11H8BrNO3S/c12-8-6-17-10(11(14)15)9(8)16-5-7-1-3-13-4-2-7/h1-4,6H,5H2,(H,14,15). The maximum absolute atomic E-state index is 10.9. The second-order valence-electron chi connectivity index (χ2n) is 3.19. The largest absolute Gasteiger partial charge is 0.486 e. The summed E-state index contributed by atoms with van der Waals surface area (Å²) in [5.74, 6) is -0.607. The first-order chi connectivity index (χ1) is 8.18. The van der Waals surface area contributed by atoms with Crippen molar-refractivity contribution in [3.8, 4) is 5.75 Å². The SMILES string of the molecule is O=C(O)c1scc(Br)c1OCc1ccncc1. The number of aromatic carboxylic acids is 1. The first-order valence-corrected chi connectivity index (χ1v) is 6.37. The molecule has 1 N–H and O–H groups in total. The van der Waals surface area contributed by atoms with Crippen LogP contribution in [0.1, 0.15) is 15.2 Å². The summed E-state index contributed by atoms with van der Waals surface area (Å²) >= 11 is 4.40. The van der Waals surface area contributed by atoms with Crippen LogP contribution in [-0.2, 0) is 6.61 Å². The molecule has 0 aliphatic carbocycles. The van der Waals surface area contributed by atoms with E-state index in [1.54, 1.807) is 17.8 Å². The minimum atomic E-state index is -0.981. The van der Waals surface area contributed by atoms with E-state index in [4.69, 9.17) is 9.84 Å². The van der Waals surface area contributed by atoms with Crippen LogP contribution in [0.4, 0.5) is 0 Å². The summed E-state index contributed by atoms with van der Waals surface area (Å²) in [5.41, 5.74) is 0.939. The van der Waals surface area contributed by atoms with Crippen LogP contribution in [-0.4, -0.2) is 16.1 Å². The monoisotopic (exact) mass is 313 g/mol. The average molecular weight is 314 g/mol. The topological polar surface area (TPSA) is 59.4 Å². The predicted octanol–water partition coefficient (Wildman–Crippen LogP) is 3.18. The summed E-state index contributed by atoms with van der Waals surface area (Å²) in [6, 6.07) is 3.64. The zero-order valence-corrected chi connectivity index (χ0v) is 11.0. The van der Waals surface area contributed by atoms with Gasteiger partial charge >= 0.3 is 5.97 Å². The van der Waals surface area contributed by atoms with Gasteiger partial charge in [0.25, 0.3) is 0 Å². The third-order valence-corrected chi connectivity index (χ3v) is 3.87. The molecular formula is C11H8BrNO3S. The molecule has 4 nitrogen and oxygen atoms in total. The van der Waals surface area contributed by atoms with Crippen molar-refractivity contribution in [3.05, 3.63) is 44.8 Å². The van der Waals surface area contributed by atoms with Gasteiger partial charge in [-0.05, 0) is 33.6 Å². The summed E-state index contributed by atoms with van der Waals surface area (Å²) in [5, 5.41) is 10.7. The number of thiophene rings is 1. The summed E-state index contributed by atoms with van der Waals surface area (Å²) in [4.78, 5) is 15.0. The fourth-order valence-corrected chi connectivity index (χ4v) is 2.67. The van der Waals surface area contributed by atoms with Crippen LogP contribution in [0.15, 0.2) is 34.4 Å². The molecule has 0 aromatic carbocycles. The Bertz CT molecular complexity index is 527. The highest BCUT2D eigenvalue weighted by molar-refractivity contribution is 9.10. The van der Waals surface area contributed by atoms with Gasteiger partial charge in [-0.2, -0.15) is 0 Å². The van der Waals surface area contributed by atoms with Gasteiger partial charge < -0.3 is 9.84 Å². The molecule has 0 saturated heterocycles. The molecule has 2 aromatic heterocycles. The molecule has 0 saturated carbocycles. The van der Waals surface area contributed by atoms with Gasteiger partial charge in [0.15, 0.2) is 10.6 Å². The minimum absolute atomic E-state index is 0.200. The molecule has 0 fully saturated rings. The Morgan fingerprint density at radius 3 is 2.82 bits per heavy atom. The number of carboxylic acid groups (broad SMARTS) is 1. The zero-order valence-electron chi connectivity index (χ0n) is 8.59. The normalized spacial score (nSPS) is 10.2. The Morgan fingerprint density at radius 1 is 1.47 bits per heavy atom. The molecule has 2 rings (SSSR count). The van der Waals surface area contributed by atoms with Crippen molar-refractivity contribution in [2.24, 2.45) is 0 Å². The Balaban J connectivity index is 2.14. The van der Waals surface area contributed by atoms with Crippen LogP contribution in [0.25, 0.3) is 0 Å². The van der Waals surface area contributed by atoms with Crippen LogP contribution < -0.4 is 4.74 Å². The van der Waals surface area contributed by atoms with Crippen LogP contribution in [0.2, 0.25) is 0 Å². The number of pyridine rings is 1. The van der Waals surface area contributed by atoms with Crippen molar-refractivity contribution < 1.29 is 14.6 Å². The predicted molar refractivity (Wildman–Crippen MR) is 67.5 cm³/mol. The van der Waals surface area contributed by atoms with Crippen molar-refractivity contribution in [2.45, 2.75) is 6.61 Å². The van der Waals surface area contributed by atoms with Gasteiger partial charge in [-0.3, -0.25) is 4.98 Å². The molecule has 2 aromatic rings. The number of carbonyl (C=O) groups is 1. The first kappa shape index (κ1) is 12.1. The minimum Gasteiger partial charge on any atom is -0.486 e. The second-order valence-corrected chi connectivity index (χ2v) is 4.93. The van der Waals surface area contributed by atoms with Crippen LogP contribution in [0.5, 0.6) is 5.75 Å². The molecule has 0 atom stereocenters. The van der Waals surface area contributed by atoms with Crippen molar-refractivity contribution in [3.63, 3.8) is 0 Å². The number of ether oxygens (including phenoxy) is 1. The van der Waals surface area contributed by atoms with Gasteiger partial charge in [0.1, 0.15) is 6.61 Å². The molecule has 2 heterocycles. The van der Waals surface area contributed by atoms with Gasteiger partial charge in [0.2, 0.25) is 0 Å². The van der Waals surface area contributed by atoms with Crippen molar-refractivity contribution in [2.75, 3.05) is 0 Å². The lowest BCUT2D eigenvalue weighted by Crippen LogP contribution is -2.00. The molecule has 0 spiro atoms. The van der Waals surface area contributed by atoms with E-state index in [0.717, 1.165) is 16.9 Å². The smallest absolute Gasteiger partial charge is 0.349 e. The third kappa shape index (κ3) is 2.83. The summed E-state index contributed by atoms with van der Waals surface area (Å²) in [6.45, 7) is 0.318. The molecular weight excluding hydrogens is 306 g/mol. The Labute approximate surface area is 110 Å². The number of aromatic nitrogens is 1. The van der Waals surface area contributed by atoms with Gasteiger partial charge in [-0.1, -0.05) is 0 Å². The van der Waals surface area contributed by atoms with Crippen molar-refractivity contribution in [1.82, 2.24) is 4.98 Å². The number of carboxylic acids is 1. The lowest BCUT2D eigenvalue weighted by molar-refractivity contribution is 0.0697. The van der Waals surface area contributed by atoms with E-state index in [-0.39, 0.29) is 4.88 Å². The molecule has 0 aliphatic heterocycles. The number of halogens is 1. The van der Waals surface area contributed by atoms with Crippen molar-refractivity contribution in [1.29, 1.82) is 0 Å². The maximum atomic E-state index is 10.9. The molecule has 6 heteroatoms. The molecule has 0 amide bonds. The first-order valence-electron chi connectivity index (χ1n) is 4.70. The van der Waals surface area contributed by atoms with Crippen LogP contribution in [0, 0.1) is 0 Å².